The first-order chi connectivity index (χ1) is 15.1. The Bertz CT molecular complexity index is 421. The lowest BCUT2D eigenvalue weighted by Crippen LogP contribution is -2.39. The van der Waals surface area contributed by atoms with Crippen molar-refractivity contribution >= 4 is 11.9 Å². The molecule has 0 atom stereocenters. The molecule has 0 aromatic carbocycles. The third-order valence-corrected chi connectivity index (χ3v) is 5.38. The number of nitrogens with zero attached hydrogens (tertiary/aromatic N) is 1. The monoisotopic (exact) mass is 444 g/mol. The summed E-state index contributed by atoms with van der Waals surface area (Å²) in [7, 11) is 0. The highest BCUT2D eigenvalue weighted by Crippen LogP contribution is 2.12. The van der Waals surface area contributed by atoms with Crippen LogP contribution >= 0.6 is 0 Å². The highest BCUT2D eigenvalue weighted by atomic mass is 16.5. The predicted octanol–water partition coefficient (Wildman–Crippen LogP) is 3.41. The first-order valence-corrected chi connectivity index (χ1v) is 12.5. The molecular formula is C24H48N2O5. The molecule has 0 aromatic rings. The van der Waals surface area contributed by atoms with E-state index < -0.39 is 5.97 Å². The van der Waals surface area contributed by atoms with E-state index in [4.69, 9.17) is 14.9 Å². The number of hydrogen-bond acceptors (Lipinski definition) is 6. The fraction of sp³-hybridized carbons (Fsp3) is 0.917. The second-order valence-corrected chi connectivity index (χ2v) is 8.29. The van der Waals surface area contributed by atoms with Gasteiger partial charge in [-0.25, -0.2) is 0 Å². The Morgan fingerprint density at radius 2 is 1.32 bits per heavy atom. The Morgan fingerprint density at radius 1 is 0.774 bits per heavy atom. The van der Waals surface area contributed by atoms with E-state index >= 15 is 0 Å². The second kappa shape index (κ2) is 23.5. The van der Waals surface area contributed by atoms with Crippen molar-refractivity contribution < 1.29 is 24.5 Å². The van der Waals surface area contributed by atoms with Crippen molar-refractivity contribution in [1.29, 1.82) is 0 Å². The summed E-state index contributed by atoms with van der Waals surface area (Å²) in [6.45, 7) is 3.23. The highest BCUT2D eigenvalue weighted by Gasteiger charge is 2.11. The number of amides is 1. The quantitative estimate of drug-likeness (QED) is 0.165. The van der Waals surface area contributed by atoms with Gasteiger partial charge in [0.25, 0.3) is 0 Å². The average Bonchev–Trinajstić information content (AvgIpc) is 2.75. The molecule has 0 aliphatic rings. The minimum atomic E-state index is -0.444. The molecule has 0 spiro atoms. The number of aliphatic hydroxyl groups excluding tert-OH is 2. The van der Waals surface area contributed by atoms with Crippen LogP contribution in [-0.2, 0) is 14.3 Å². The lowest BCUT2D eigenvalue weighted by Gasteiger charge is -2.20. The lowest BCUT2D eigenvalue weighted by atomic mass is 10.0. The summed E-state index contributed by atoms with van der Waals surface area (Å²) in [6, 6.07) is 0. The van der Waals surface area contributed by atoms with Gasteiger partial charge in [-0.05, 0) is 6.42 Å². The maximum absolute atomic E-state index is 11.9. The van der Waals surface area contributed by atoms with Crippen molar-refractivity contribution in [3.05, 3.63) is 0 Å². The Hall–Kier alpha value is -1.18. The number of esters is 1. The summed E-state index contributed by atoms with van der Waals surface area (Å²) >= 11 is 0. The third kappa shape index (κ3) is 21.8. The molecule has 3 N–H and O–H groups in total. The Morgan fingerprint density at radius 3 is 1.84 bits per heavy atom. The van der Waals surface area contributed by atoms with E-state index in [-0.39, 0.29) is 32.3 Å². The first kappa shape index (κ1) is 29.8. The third-order valence-electron chi connectivity index (χ3n) is 5.38. The molecule has 7 nitrogen and oxygen atoms in total. The van der Waals surface area contributed by atoms with E-state index in [0.717, 1.165) is 12.8 Å². The minimum Gasteiger partial charge on any atom is -0.462 e. The zero-order valence-corrected chi connectivity index (χ0v) is 19.9. The maximum atomic E-state index is 11.9. The normalized spacial score (nSPS) is 11.1. The standard InChI is InChI=1S/C24H48N2O5/c1-2-3-4-5-6-7-8-9-10-11-12-13-14-15-23(29)25-16-17-26(18-19-27)22-24(30)31-21-20-28/h27-28H,2-22H2,1H3,(H,25,29). The summed E-state index contributed by atoms with van der Waals surface area (Å²) < 4.78 is 4.83. The average molecular weight is 445 g/mol. The van der Waals surface area contributed by atoms with Crippen molar-refractivity contribution in [2.45, 2.75) is 96.8 Å². The molecular weight excluding hydrogens is 396 g/mol. The van der Waals surface area contributed by atoms with Crippen LogP contribution in [-0.4, -0.2) is 73.0 Å². The molecule has 0 aliphatic heterocycles. The van der Waals surface area contributed by atoms with Crippen LogP contribution in [0.4, 0.5) is 0 Å². The Balaban J connectivity index is 3.54. The number of rotatable bonds is 23. The molecule has 0 fully saturated rings. The fourth-order valence-electron chi connectivity index (χ4n) is 3.54. The van der Waals surface area contributed by atoms with E-state index in [1.54, 1.807) is 4.90 Å². The molecule has 1 amide bonds. The van der Waals surface area contributed by atoms with Gasteiger partial charge in [0.15, 0.2) is 0 Å². The second-order valence-electron chi connectivity index (χ2n) is 8.29. The zero-order valence-electron chi connectivity index (χ0n) is 19.9. The first-order valence-electron chi connectivity index (χ1n) is 12.5. The van der Waals surface area contributed by atoms with Crippen LogP contribution < -0.4 is 5.32 Å². The van der Waals surface area contributed by atoms with Gasteiger partial charge in [0, 0.05) is 26.1 Å². The Kier molecular flexibility index (Phi) is 22.6. The van der Waals surface area contributed by atoms with Crippen molar-refractivity contribution in [2.75, 3.05) is 46.0 Å². The summed E-state index contributed by atoms with van der Waals surface area (Å²) in [4.78, 5) is 25.3. The van der Waals surface area contributed by atoms with Crippen molar-refractivity contribution in [2.24, 2.45) is 0 Å². The van der Waals surface area contributed by atoms with Gasteiger partial charge in [0.05, 0.1) is 19.8 Å². The number of aliphatic hydroxyl groups is 2. The van der Waals surface area contributed by atoms with Crippen molar-refractivity contribution in [1.82, 2.24) is 10.2 Å². The van der Waals surface area contributed by atoms with Gasteiger partial charge >= 0.3 is 5.97 Å². The molecule has 0 rings (SSSR count). The van der Waals surface area contributed by atoms with Gasteiger partial charge in [-0.15, -0.1) is 0 Å². The van der Waals surface area contributed by atoms with E-state index in [1.807, 2.05) is 0 Å². The molecule has 0 unspecified atom stereocenters. The minimum absolute atomic E-state index is 0.0261. The molecule has 0 bridgehead atoms. The van der Waals surface area contributed by atoms with Gasteiger partial charge in [0.1, 0.15) is 6.61 Å². The van der Waals surface area contributed by atoms with E-state index in [9.17, 15) is 9.59 Å². The van der Waals surface area contributed by atoms with Crippen LogP contribution in [0, 0.1) is 0 Å². The van der Waals surface area contributed by atoms with Gasteiger partial charge in [-0.1, -0.05) is 84.0 Å². The van der Waals surface area contributed by atoms with Gasteiger partial charge in [-0.2, -0.15) is 0 Å². The topological polar surface area (TPSA) is 99.1 Å². The molecule has 31 heavy (non-hydrogen) atoms. The lowest BCUT2D eigenvalue weighted by molar-refractivity contribution is -0.146. The molecule has 0 saturated heterocycles. The zero-order chi connectivity index (χ0) is 23.0. The number of unbranched alkanes of at least 4 members (excludes halogenated alkanes) is 12. The van der Waals surface area contributed by atoms with Gasteiger partial charge in [0.2, 0.25) is 5.91 Å². The van der Waals surface area contributed by atoms with E-state index in [1.165, 1.54) is 70.6 Å². The molecule has 184 valence electrons. The highest BCUT2D eigenvalue weighted by molar-refractivity contribution is 5.75. The summed E-state index contributed by atoms with van der Waals surface area (Å²) in [5.41, 5.74) is 0. The molecule has 0 aromatic heterocycles. The van der Waals surface area contributed by atoms with E-state index in [2.05, 4.69) is 12.2 Å². The largest absolute Gasteiger partial charge is 0.462 e. The number of carbonyl (C=O) groups is 2. The van der Waals surface area contributed by atoms with E-state index in [0.29, 0.717) is 26.1 Å². The van der Waals surface area contributed by atoms with Crippen LogP contribution in [0.25, 0.3) is 0 Å². The smallest absolute Gasteiger partial charge is 0.320 e. The summed E-state index contributed by atoms with van der Waals surface area (Å²) in [5.74, 6) is -0.407. The summed E-state index contributed by atoms with van der Waals surface area (Å²) in [5, 5.41) is 20.6. The predicted molar refractivity (Wildman–Crippen MR) is 125 cm³/mol. The van der Waals surface area contributed by atoms with Crippen LogP contribution in [0.15, 0.2) is 0 Å². The number of carbonyl (C=O) groups excluding carboxylic acids is 2. The molecule has 0 aliphatic carbocycles. The summed E-state index contributed by atoms with van der Waals surface area (Å²) in [6.07, 6.45) is 17.3. The number of ether oxygens (including phenoxy) is 1. The van der Waals surface area contributed by atoms with Gasteiger partial charge < -0.3 is 20.3 Å². The van der Waals surface area contributed by atoms with Crippen molar-refractivity contribution in [3.63, 3.8) is 0 Å². The molecule has 0 radical (unpaired) electrons. The number of hydrogen-bond donors (Lipinski definition) is 3. The molecule has 0 saturated carbocycles. The number of nitrogens with one attached hydrogen (secondary N) is 1. The molecule has 0 heterocycles. The van der Waals surface area contributed by atoms with Crippen LogP contribution in [0.1, 0.15) is 96.8 Å². The van der Waals surface area contributed by atoms with Crippen LogP contribution in [0.5, 0.6) is 0 Å². The molecule has 7 heteroatoms. The Labute approximate surface area is 189 Å². The van der Waals surface area contributed by atoms with Crippen molar-refractivity contribution in [3.8, 4) is 0 Å². The SMILES string of the molecule is CCCCCCCCCCCCCCCC(=O)NCCN(CCO)CC(=O)OCCO. The maximum Gasteiger partial charge on any atom is 0.320 e. The van der Waals surface area contributed by atoms with Crippen LogP contribution in [0.3, 0.4) is 0 Å². The van der Waals surface area contributed by atoms with Gasteiger partial charge in [-0.3, -0.25) is 14.5 Å². The fourth-order valence-corrected chi connectivity index (χ4v) is 3.54. The van der Waals surface area contributed by atoms with Crippen LogP contribution in [0.2, 0.25) is 0 Å².